The summed E-state index contributed by atoms with van der Waals surface area (Å²) in [7, 11) is 1.59. The Hall–Kier alpha value is -1.88. The minimum atomic E-state index is -0.651. The Bertz CT molecular complexity index is 415. The highest BCUT2D eigenvalue weighted by molar-refractivity contribution is 6.39. The van der Waals surface area contributed by atoms with Crippen LogP contribution in [0.4, 0.5) is 5.69 Å². The molecule has 0 aliphatic rings. The molecule has 0 aliphatic carbocycles. The average Bonchev–Trinajstić information content (AvgIpc) is 2.44. The van der Waals surface area contributed by atoms with Crippen LogP contribution in [0.25, 0.3) is 0 Å². The number of aryl methyl sites for hydroxylation is 1. The average molecular weight is 264 g/mol. The van der Waals surface area contributed by atoms with Crippen LogP contribution < -0.4 is 10.6 Å². The van der Waals surface area contributed by atoms with Crippen LogP contribution in [0.15, 0.2) is 24.3 Å². The van der Waals surface area contributed by atoms with E-state index in [4.69, 9.17) is 4.74 Å². The van der Waals surface area contributed by atoms with Crippen molar-refractivity contribution in [2.24, 2.45) is 0 Å². The number of methoxy groups -OCH3 is 1. The fraction of sp³-hybridized carbons (Fsp3) is 0.429. The minimum Gasteiger partial charge on any atom is -0.385 e. The van der Waals surface area contributed by atoms with E-state index in [0.29, 0.717) is 25.3 Å². The summed E-state index contributed by atoms with van der Waals surface area (Å²) < 4.78 is 4.85. The molecular formula is C14H20N2O3. The maximum absolute atomic E-state index is 11.6. The van der Waals surface area contributed by atoms with Crippen molar-refractivity contribution in [3.63, 3.8) is 0 Å². The lowest BCUT2D eigenvalue weighted by molar-refractivity contribution is -0.136. The molecule has 0 fully saturated rings. The van der Waals surface area contributed by atoms with E-state index in [0.717, 1.165) is 6.42 Å². The summed E-state index contributed by atoms with van der Waals surface area (Å²) in [6.07, 6.45) is 1.62. The summed E-state index contributed by atoms with van der Waals surface area (Å²) in [5.74, 6) is -1.28. The van der Waals surface area contributed by atoms with Gasteiger partial charge in [-0.3, -0.25) is 9.59 Å². The van der Waals surface area contributed by atoms with Crippen molar-refractivity contribution >= 4 is 17.5 Å². The largest absolute Gasteiger partial charge is 0.385 e. The molecule has 2 amide bonds. The first-order valence-electron chi connectivity index (χ1n) is 6.34. The molecule has 1 rings (SSSR count). The number of anilines is 1. The van der Waals surface area contributed by atoms with Gasteiger partial charge in [-0.1, -0.05) is 19.1 Å². The molecule has 0 aromatic heterocycles. The zero-order chi connectivity index (χ0) is 14.1. The Morgan fingerprint density at radius 1 is 1.16 bits per heavy atom. The Morgan fingerprint density at radius 3 is 2.42 bits per heavy atom. The molecule has 2 N–H and O–H groups in total. The van der Waals surface area contributed by atoms with Gasteiger partial charge in [-0.25, -0.2) is 0 Å². The van der Waals surface area contributed by atoms with E-state index < -0.39 is 11.8 Å². The van der Waals surface area contributed by atoms with E-state index in [9.17, 15) is 9.59 Å². The monoisotopic (exact) mass is 264 g/mol. The summed E-state index contributed by atoms with van der Waals surface area (Å²) in [5.41, 5.74) is 1.80. The van der Waals surface area contributed by atoms with Gasteiger partial charge in [0.1, 0.15) is 0 Å². The van der Waals surface area contributed by atoms with Gasteiger partial charge in [-0.2, -0.15) is 0 Å². The van der Waals surface area contributed by atoms with Crippen molar-refractivity contribution in [2.75, 3.05) is 25.6 Å². The number of nitrogens with one attached hydrogen (secondary N) is 2. The Kier molecular flexibility index (Phi) is 6.60. The number of hydrogen-bond acceptors (Lipinski definition) is 3. The molecule has 0 unspecified atom stereocenters. The number of carbonyl (C=O) groups excluding carboxylic acids is 2. The number of rotatable bonds is 6. The van der Waals surface area contributed by atoms with Crippen molar-refractivity contribution in [2.45, 2.75) is 19.8 Å². The van der Waals surface area contributed by atoms with Crippen molar-refractivity contribution in [1.29, 1.82) is 0 Å². The summed E-state index contributed by atoms with van der Waals surface area (Å²) >= 11 is 0. The summed E-state index contributed by atoms with van der Waals surface area (Å²) in [4.78, 5) is 23.0. The number of carbonyl (C=O) groups is 2. The number of ether oxygens (including phenoxy) is 1. The molecule has 0 atom stereocenters. The quantitative estimate of drug-likeness (QED) is 0.602. The fourth-order valence-corrected chi connectivity index (χ4v) is 1.51. The van der Waals surface area contributed by atoms with Crippen molar-refractivity contribution in [3.05, 3.63) is 29.8 Å². The Labute approximate surface area is 113 Å². The lowest BCUT2D eigenvalue weighted by atomic mass is 10.1. The van der Waals surface area contributed by atoms with Crippen LogP contribution in [0, 0.1) is 0 Å². The van der Waals surface area contributed by atoms with Gasteiger partial charge in [0.05, 0.1) is 0 Å². The molecule has 0 heterocycles. The number of hydrogen-bond donors (Lipinski definition) is 2. The molecule has 0 radical (unpaired) electrons. The summed E-state index contributed by atoms with van der Waals surface area (Å²) in [6, 6.07) is 7.42. The van der Waals surface area contributed by atoms with Crippen molar-refractivity contribution in [1.82, 2.24) is 5.32 Å². The first kappa shape index (κ1) is 15.2. The van der Waals surface area contributed by atoms with Crippen molar-refractivity contribution < 1.29 is 14.3 Å². The fourth-order valence-electron chi connectivity index (χ4n) is 1.51. The van der Waals surface area contributed by atoms with Crippen LogP contribution in [0.1, 0.15) is 18.9 Å². The molecular weight excluding hydrogens is 244 g/mol. The second kappa shape index (κ2) is 8.26. The molecule has 5 nitrogen and oxygen atoms in total. The molecule has 104 valence electrons. The third kappa shape index (κ3) is 5.52. The minimum absolute atomic E-state index is 0.425. The first-order valence-corrected chi connectivity index (χ1v) is 6.34. The van der Waals surface area contributed by atoms with Crippen LogP contribution in [-0.4, -0.2) is 32.1 Å². The molecule has 0 spiro atoms. The normalized spacial score (nSPS) is 10.0. The predicted molar refractivity (Wildman–Crippen MR) is 74.0 cm³/mol. The molecule has 19 heavy (non-hydrogen) atoms. The van der Waals surface area contributed by atoms with Gasteiger partial charge in [0.15, 0.2) is 0 Å². The van der Waals surface area contributed by atoms with Crippen LogP contribution in [0.3, 0.4) is 0 Å². The maximum Gasteiger partial charge on any atom is 0.313 e. The predicted octanol–water partition coefficient (Wildman–Crippen LogP) is 1.34. The van der Waals surface area contributed by atoms with Gasteiger partial charge in [0.2, 0.25) is 0 Å². The molecule has 1 aromatic carbocycles. The molecule has 1 aromatic rings. The van der Waals surface area contributed by atoms with Gasteiger partial charge in [0, 0.05) is 25.9 Å². The second-order valence-electron chi connectivity index (χ2n) is 4.11. The second-order valence-corrected chi connectivity index (χ2v) is 4.11. The standard InChI is InChI=1S/C14H20N2O3/c1-3-11-5-7-12(8-6-11)16-14(18)13(17)15-9-4-10-19-2/h5-8H,3-4,9-10H2,1-2H3,(H,15,17)(H,16,18). The highest BCUT2D eigenvalue weighted by atomic mass is 16.5. The number of amides is 2. The van der Waals surface area contributed by atoms with Crippen molar-refractivity contribution in [3.8, 4) is 0 Å². The Balaban J connectivity index is 2.38. The van der Waals surface area contributed by atoms with Gasteiger partial charge in [0.25, 0.3) is 0 Å². The number of benzene rings is 1. The van der Waals surface area contributed by atoms with Crippen LogP contribution in [-0.2, 0) is 20.7 Å². The van der Waals surface area contributed by atoms with Gasteiger partial charge < -0.3 is 15.4 Å². The lowest BCUT2D eigenvalue weighted by Crippen LogP contribution is -2.36. The van der Waals surface area contributed by atoms with Crippen LogP contribution in [0.2, 0.25) is 0 Å². The van der Waals surface area contributed by atoms with Gasteiger partial charge in [-0.15, -0.1) is 0 Å². The highest BCUT2D eigenvalue weighted by Gasteiger charge is 2.12. The summed E-state index contributed by atoms with van der Waals surface area (Å²) in [5, 5.41) is 5.08. The van der Waals surface area contributed by atoms with E-state index in [1.165, 1.54) is 5.56 Å². The molecule has 0 aliphatic heterocycles. The topological polar surface area (TPSA) is 67.4 Å². The highest BCUT2D eigenvalue weighted by Crippen LogP contribution is 2.09. The third-order valence-electron chi connectivity index (χ3n) is 2.64. The Morgan fingerprint density at radius 2 is 1.84 bits per heavy atom. The molecule has 0 saturated heterocycles. The van der Waals surface area contributed by atoms with E-state index in [1.807, 2.05) is 12.1 Å². The van der Waals surface area contributed by atoms with Gasteiger partial charge >= 0.3 is 11.8 Å². The molecule has 5 heteroatoms. The van der Waals surface area contributed by atoms with E-state index in [-0.39, 0.29) is 0 Å². The third-order valence-corrected chi connectivity index (χ3v) is 2.64. The molecule has 0 bridgehead atoms. The summed E-state index contributed by atoms with van der Waals surface area (Å²) in [6.45, 7) is 3.04. The molecule has 0 saturated carbocycles. The van der Waals surface area contributed by atoms with E-state index in [2.05, 4.69) is 17.6 Å². The van der Waals surface area contributed by atoms with Crippen LogP contribution in [0.5, 0.6) is 0 Å². The first-order chi connectivity index (χ1) is 9.17. The maximum atomic E-state index is 11.6. The zero-order valence-electron chi connectivity index (χ0n) is 11.4. The zero-order valence-corrected chi connectivity index (χ0v) is 11.4. The van der Waals surface area contributed by atoms with E-state index in [1.54, 1.807) is 19.2 Å². The van der Waals surface area contributed by atoms with Gasteiger partial charge in [-0.05, 0) is 30.5 Å². The smallest absolute Gasteiger partial charge is 0.313 e. The lowest BCUT2D eigenvalue weighted by Gasteiger charge is -2.06. The van der Waals surface area contributed by atoms with Crippen LogP contribution >= 0.6 is 0 Å². The SMILES string of the molecule is CCc1ccc(NC(=O)C(=O)NCCCOC)cc1. The van der Waals surface area contributed by atoms with E-state index >= 15 is 0 Å².